The summed E-state index contributed by atoms with van der Waals surface area (Å²) in [4.78, 5) is 6.11. The fourth-order valence-electron chi connectivity index (χ4n) is 1.22. The summed E-state index contributed by atoms with van der Waals surface area (Å²) in [5.41, 5.74) is 0. The van der Waals surface area contributed by atoms with Crippen molar-refractivity contribution in [3.63, 3.8) is 0 Å². The van der Waals surface area contributed by atoms with Gasteiger partial charge in [-0.25, -0.2) is 4.98 Å². The van der Waals surface area contributed by atoms with E-state index in [1.807, 2.05) is 0 Å². The first-order valence-electron chi connectivity index (χ1n) is 3.56. The Bertz CT molecular complexity index is 226. The molecule has 1 N–H and O–H groups in total. The van der Waals surface area contributed by atoms with Crippen LogP contribution in [0.15, 0.2) is 6.33 Å². The van der Waals surface area contributed by atoms with Gasteiger partial charge in [-0.2, -0.15) is 4.37 Å². The zero-order valence-corrected chi connectivity index (χ0v) is 6.79. The lowest BCUT2D eigenvalue weighted by atomic mass is 10.3. The van der Waals surface area contributed by atoms with Gasteiger partial charge in [-0.1, -0.05) is 0 Å². The second-order valence-corrected chi connectivity index (χ2v) is 3.37. The molecule has 1 aromatic heterocycles. The van der Waals surface area contributed by atoms with E-state index in [2.05, 4.69) is 14.3 Å². The lowest BCUT2D eigenvalue weighted by Gasteiger charge is -2.11. The molecule has 2 rings (SSSR count). The van der Waals surface area contributed by atoms with Gasteiger partial charge in [0, 0.05) is 24.6 Å². The van der Waals surface area contributed by atoms with Crippen molar-refractivity contribution < 1.29 is 5.11 Å². The summed E-state index contributed by atoms with van der Waals surface area (Å²) in [5.74, 6) is 0. The second kappa shape index (κ2) is 2.75. The summed E-state index contributed by atoms with van der Waals surface area (Å²) in [6.07, 6.45) is 2.21. The van der Waals surface area contributed by atoms with E-state index in [0.29, 0.717) is 6.54 Å². The Morgan fingerprint density at radius 2 is 2.64 bits per heavy atom. The molecule has 4 nitrogen and oxygen atoms in total. The number of hydrogen-bond acceptors (Lipinski definition) is 5. The van der Waals surface area contributed by atoms with Gasteiger partial charge in [0.05, 0.1) is 6.10 Å². The summed E-state index contributed by atoms with van der Waals surface area (Å²) < 4.78 is 3.90. The highest BCUT2D eigenvalue weighted by atomic mass is 32.1. The van der Waals surface area contributed by atoms with E-state index in [-0.39, 0.29) is 6.10 Å². The van der Waals surface area contributed by atoms with Crippen LogP contribution in [0.25, 0.3) is 0 Å². The van der Waals surface area contributed by atoms with Gasteiger partial charge in [-0.15, -0.1) is 0 Å². The number of hydrogen-bond donors (Lipinski definition) is 1. The summed E-state index contributed by atoms with van der Waals surface area (Å²) in [6.45, 7) is 1.60. The zero-order valence-electron chi connectivity index (χ0n) is 5.97. The van der Waals surface area contributed by atoms with Gasteiger partial charge in [0.25, 0.3) is 0 Å². The highest BCUT2D eigenvalue weighted by Gasteiger charge is 2.21. The molecule has 1 aromatic rings. The van der Waals surface area contributed by atoms with Gasteiger partial charge in [0.15, 0.2) is 0 Å². The molecule has 1 saturated heterocycles. The molecule has 5 heteroatoms. The molecule has 0 amide bonds. The summed E-state index contributed by atoms with van der Waals surface area (Å²) >= 11 is 1.38. The monoisotopic (exact) mass is 171 g/mol. The van der Waals surface area contributed by atoms with Crippen LogP contribution < -0.4 is 4.90 Å². The number of aromatic nitrogens is 2. The van der Waals surface area contributed by atoms with Crippen molar-refractivity contribution >= 4 is 16.7 Å². The quantitative estimate of drug-likeness (QED) is 0.651. The van der Waals surface area contributed by atoms with Crippen LogP contribution >= 0.6 is 11.5 Å². The molecule has 0 aliphatic carbocycles. The van der Waals surface area contributed by atoms with E-state index in [9.17, 15) is 5.11 Å². The van der Waals surface area contributed by atoms with E-state index >= 15 is 0 Å². The first kappa shape index (κ1) is 7.00. The molecule has 0 aromatic carbocycles. The topological polar surface area (TPSA) is 49.2 Å². The van der Waals surface area contributed by atoms with E-state index in [1.165, 1.54) is 11.5 Å². The largest absolute Gasteiger partial charge is 0.391 e. The SMILES string of the molecule is O[C@H]1CCN(c2ncns2)C1. The van der Waals surface area contributed by atoms with E-state index in [4.69, 9.17) is 0 Å². The molecule has 2 heterocycles. The van der Waals surface area contributed by atoms with E-state index in [1.54, 1.807) is 6.33 Å². The van der Waals surface area contributed by atoms with Gasteiger partial charge < -0.3 is 10.0 Å². The van der Waals surface area contributed by atoms with Crippen molar-refractivity contribution in [2.75, 3.05) is 18.0 Å². The normalized spacial score (nSPS) is 24.5. The van der Waals surface area contributed by atoms with Crippen LogP contribution in [0.5, 0.6) is 0 Å². The van der Waals surface area contributed by atoms with Crippen LogP contribution in [0.3, 0.4) is 0 Å². The van der Waals surface area contributed by atoms with Gasteiger partial charge >= 0.3 is 0 Å². The van der Waals surface area contributed by atoms with Gasteiger partial charge in [0.2, 0.25) is 5.13 Å². The van der Waals surface area contributed by atoms with Crippen LogP contribution in [0.4, 0.5) is 5.13 Å². The Hall–Kier alpha value is -0.680. The van der Waals surface area contributed by atoms with Crippen molar-refractivity contribution in [2.45, 2.75) is 12.5 Å². The van der Waals surface area contributed by atoms with Crippen LogP contribution in [0, 0.1) is 0 Å². The Morgan fingerprint density at radius 1 is 1.73 bits per heavy atom. The minimum absolute atomic E-state index is 0.182. The standard InChI is InChI=1S/C6H9N3OS/c10-5-1-2-9(3-5)6-7-4-8-11-6/h4-5,10H,1-3H2/t5-/m0/s1. The molecule has 0 spiro atoms. The molecular weight excluding hydrogens is 162 g/mol. The maximum atomic E-state index is 9.21. The number of aliphatic hydroxyl groups is 1. The predicted molar refractivity (Wildman–Crippen MR) is 42.7 cm³/mol. The molecule has 11 heavy (non-hydrogen) atoms. The lowest BCUT2D eigenvalue weighted by Crippen LogP contribution is -2.20. The van der Waals surface area contributed by atoms with Crippen LogP contribution in [-0.4, -0.2) is 33.7 Å². The molecule has 1 atom stereocenters. The molecule has 60 valence electrons. The highest BCUT2D eigenvalue weighted by molar-refractivity contribution is 7.09. The first-order chi connectivity index (χ1) is 5.36. The minimum Gasteiger partial charge on any atom is -0.391 e. The Labute approximate surface area is 68.7 Å². The fourth-order valence-corrected chi connectivity index (χ4v) is 1.79. The lowest BCUT2D eigenvalue weighted by molar-refractivity contribution is 0.198. The van der Waals surface area contributed by atoms with Gasteiger partial charge in [0.1, 0.15) is 6.33 Å². The average Bonchev–Trinajstić information content (AvgIpc) is 2.55. The molecule has 0 radical (unpaired) electrons. The molecule has 1 fully saturated rings. The molecule has 1 aliphatic heterocycles. The number of aliphatic hydroxyl groups excluding tert-OH is 1. The molecule has 0 unspecified atom stereocenters. The fraction of sp³-hybridized carbons (Fsp3) is 0.667. The summed E-state index contributed by atoms with van der Waals surface area (Å²) in [6, 6.07) is 0. The Balaban J connectivity index is 2.08. The van der Waals surface area contributed by atoms with Crippen molar-refractivity contribution in [1.82, 2.24) is 9.36 Å². The van der Waals surface area contributed by atoms with Crippen molar-refractivity contribution in [3.05, 3.63) is 6.33 Å². The van der Waals surface area contributed by atoms with E-state index < -0.39 is 0 Å². The smallest absolute Gasteiger partial charge is 0.205 e. The third kappa shape index (κ3) is 1.34. The summed E-state index contributed by atoms with van der Waals surface area (Å²) in [5, 5.41) is 10.1. The second-order valence-electron chi connectivity index (χ2n) is 2.61. The number of anilines is 1. The maximum absolute atomic E-state index is 9.21. The van der Waals surface area contributed by atoms with Crippen LogP contribution in [-0.2, 0) is 0 Å². The van der Waals surface area contributed by atoms with Crippen LogP contribution in [0.2, 0.25) is 0 Å². The zero-order chi connectivity index (χ0) is 7.68. The van der Waals surface area contributed by atoms with E-state index in [0.717, 1.165) is 18.1 Å². The Kier molecular flexibility index (Phi) is 1.75. The molecule has 0 saturated carbocycles. The predicted octanol–water partition coefficient (Wildman–Crippen LogP) is 0.109. The molecule has 1 aliphatic rings. The van der Waals surface area contributed by atoms with Crippen molar-refractivity contribution in [1.29, 1.82) is 0 Å². The minimum atomic E-state index is -0.182. The number of nitrogens with zero attached hydrogens (tertiary/aromatic N) is 3. The molecular formula is C6H9N3OS. The average molecular weight is 171 g/mol. The third-order valence-corrected chi connectivity index (χ3v) is 2.51. The van der Waals surface area contributed by atoms with Gasteiger partial charge in [-0.3, -0.25) is 0 Å². The van der Waals surface area contributed by atoms with Crippen molar-refractivity contribution in [3.8, 4) is 0 Å². The molecule has 0 bridgehead atoms. The Morgan fingerprint density at radius 3 is 3.18 bits per heavy atom. The first-order valence-corrected chi connectivity index (χ1v) is 4.33. The highest BCUT2D eigenvalue weighted by Crippen LogP contribution is 2.20. The van der Waals surface area contributed by atoms with Gasteiger partial charge in [-0.05, 0) is 6.42 Å². The van der Waals surface area contributed by atoms with Crippen molar-refractivity contribution in [2.24, 2.45) is 0 Å². The van der Waals surface area contributed by atoms with Crippen LogP contribution in [0.1, 0.15) is 6.42 Å². The maximum Gasteiger partial charge on any atom is 0.205 e. The third-order valence-electron chi connectivity index (χ3n) is 1.78. The summed E-state index contributed by atoms with van der Waals surface area (Å²) in [7, 11) is 0. The number of β-amino-alcohol motifs (C(OH)–C–C–N with tert-alkyl or cyclic N) is 1. The number of rotatable bonds is 1.